The summed E-state index contributed by atoms with van der Waals surface area (Å²) in [6.45, 7) is 5.36. The van der Waals surface area contributed by atoms with E-state index < -0.39 is 28.0 Å². The normalized spacial score (nSPS) is 18.6. The van der Waals surface area contributed by atoms with Gasteiger partial charge in [0.1, 0.15) is 12.3 Å². The second-order valence-electron chi connectivity index (χ2n) is 7.37. The third kappa shape index (κ3) is 5.14. The highest BCUT2D eigenvalue weighted by Gasteiger charge is 2.45. The van der Waals surface area contributed by atoms with Crippen LogP contribution in [0.25, 0.3) is 0 Å². The van der Waals surface area contributed by atoms with Crippen molar-refractivity contribution in [3.05, 3.63) is 65.7 Å². The molecule has 3 rings (SSSR count). The molecular formula is C21H25NO6S. The molecule has 0 N–H and O–H groups in total. The zero-order chi connectivity index (χ0) is 21.1. The molecule has 0 aliphatic carbocycles. The maximum Gasteiger partial charge on any atom is 0.412 e. The molecule has 2 aromatic rings. The van der Waals surface area contributed by atoms with Gasteiger partial charge in [0.25, 0.3) is 10.1 Å². The summed E-state index contributed by atoms with van der Waals surface area (Å²) in [6, 6.07) is 15.1. The smallest absolute Gasteiger partial charge is 0.412 e. The summed E-state index contributed by atoms with van der Waals surface area (Å²) < 4.78 is 41.2. The Balaban J connectivity index is 1.66. The van der Waals surface area contributed by atoms with Crippen LogP contribution in [-0.2, 0) is 30.4 Å². The number of ether oxygens (including phenoxy) is 2. The highest BCUT2D eigenvalue weighted by atomic mass is 32.2. The van der Waals surface area contributed by atoms with Gasteiger partial charge in [0.05, 0.1) is 24.2 Å². The third-order valence-corrected chi connectivity index (χ3v) is 6.00. The SMILES string of the molecule is Cc1ccc(S(=O)(=O)OCC2COC(C)(C)N2C(=O)OCc2ccccc2)cc1. The summed E-state index contributed by atoms with van der Waals surface area (Å²) in [4.78, 5) is 14.2. The fraction of sp³-hybridized carbons (Fsp3) is 0.381. The number of nitrogens with zero attached hydrogens (tertiary/aromatic N) is 1. The van der Waals surface area contributed by atoms with Crippen molar-refractivity contribution in [1.29, 1.82) is 0 Å². The van der Waals surface area contributed by atoms with Gasteiger partial charge < -0.3 is 9.47 Å². The van der Waals surface area contributed by atoms with Crippen molar-refractivity contribution in [2.75, 3.05) is 13.2 Å². The van der Waals surface area contributed by atoms with Crippen molar-refractivity contribution in [3.8, 4) is 0 Å². The molecular weight excluding hydrogens is 394 g/mol. The summed E-state index contributed by atoms with van der Waals surface area (Å²) in [7, 11) is -3.94. The van der Waals surface area contributed by atoms with Gasteiger partial charge in [-0.2, -0.15) is 8.42 Å². The lowest BCUT2D eigenvalue weighted by molar-refractivity contribution is -0.0503. The molecule has 1 unspecified atom stereocenters. The molecule has 1 atom stereocenters. The lowest BCUT2D eigenvalue weighted by atomic mass is 10.2. The van der Waals surface area contributed by atoms with Crippen LogP contribution in [0.4, 0.5) is 4.79 Å². The minimum Gasteiger partial charge on any atom is -0.444 e. The number of amides is 1. The second kappa shape index (κ2) is 8.52. The minimum atomic E-state index is -3.94. The van der Waals surface area contributed by atoms with Gasteiger partial charge in [-0.1, -0.05) is 48.0 Å². The largest absolute Gasteiger partial charge is 0.444 e. The summed E-state index contributed by atoms with van der Waals surface area (Å²) in [5.41, 5.74) is 0.867. The van der Waals surface area contributed by atoms with Crippen molar-refractivity contribution in [1.82, 2.24) is 4.90 Å². The molecule has 1 aliphatic heterocycles. The molecule has 1 fully saturated rings. The highest BCUT2D eigenvalue weighted by molar-refractivity contribution is 7.86. The first-order valence-electron chi connectivity index (χ1n) is 9.29. The van der Waals surface area contributed by atoms with Crippen LogP contribution < -0.4 is 0 Å². The lowest BCUT2D eigenvalue weighted by Crippen LogP contribution is -2.49. The number of benzene rings is 2. The van der Waals surface area contributed by atoms with Gasteiger partial charge in [-0.3, -0.25) is 9.08 Å². The standard InChI is InChI=1S/C21H25NO6S/c1-16-9-11-19(12-10-16)29(24,25)28-15-18-14-27-21(2,3)22(18)20(23)26-13-17-7-5-4-6-8-17/h4-12,18H,13-15H2,1-3H3. The molecule has 1 aliphatic rings. The van der Waals surface area contributed by atoms with Gasteiger partial charge in [-0.05, 0) is 38.5 Å². The van der Waals surface area contributed by atoms with E-state index in [0.717, 1.165) is 11.1 Å². The Morgan fingerprint density at radius 2 is 1.79 bits per heavy atom. The van der Waals surface area contributed by atoms with E-state index in [4.69, 9.17) is 13.7 Å². The van der Waals surface area contributed by atoms with E-state index in [0.29, 0.717) is 0 Å². The molecule has 0 radical (unpaired) electrons. The number of hydrogen-bond donors (Lipinski definition) is 0. The molecule has 8 heteroatoms. The maximum atomic E-state index is 12.7. The zero-order valence-corrected chi connectivity index (χ0v) is 17.5. The van der Waals surface area contributed by atoms with E-state index in [1.165, 1.54) is 17.0 Å². The average Bonchev–Trinajstić information content (AvgIpc) is 3.00. The van der Waals surface area contributed by atoms with E-state index in [2.05, 4.69) is 0 Å². The summed E-state index contributed by atoms with van der Waals surface area (Å²) in [5, 5.41) is 0. The maximum absolute atomic E-state index is 12.7. The van der Waals surface area contributed by atoms with E-state index in [1.807, 2.05) is 37.3 Å². The molecule has 7 nitrogen and oxygen atoms in total. The molecule has 2 aromatic carbocycles. The minimum absolute atomic E-state index is 0.0690. The molecule has 1 heterocycles. The predicted molar refractivity (Wildman–Crippen MR) is 107 cm³/mol. The second-order valence-corrected chi connectivity index (χ2v) is 8.99. The van der Waals surface area contributed by atoms with E-state index in [9.17, 15) is 13.2 Å². The van der Waals surface area contributed by atoms with Crippen LogP contribution in [0.15, 0.2) is 59.5 Å². The van der Waals surface area contributed by atoms with Crippen molar-refractivity contribution in [2.45, 2.75) is 44.0 Å². The van der Waals surface area contributed by atoms with Crippen molar-refractivity contribution < 1.29 is 26.9 Å². The molecule has 0 bridgehead atoms. The van der Waals surface area contributed by atoms with Crippen molar-refractivity contribution in [2.24, 2.45) is 0 Å². The zero-order valence-electron chi connectivity index (χ0n) is 16.7. The van der Waals surface area contributed by atoms with Crippen LogP contribution in [0.5, 0.6) is 0 Å². The van der Waals surface area contributed by atoms with Crippen LogP contribution in [-0.4, -0.2) is 44.4 Å². The average molecular weight is 419 g/mol. The fourth-order valence-electron chi connectivity index (χ4n) is 3.11. The molecule has 0 aromatic heterocycles. The van der Waals surface area contributed by atoms with Gasteiger partial charge in [0.2, 0.25) is 0 Å². The Bertz CT molecular complexity index is 941. The first kappa shape index (κ1) is 21.3. The van der Waals surface area contributed by atoms with Gasteiger partial charge in [-0.25, -0.2) is 4.79 Å². The Kier molecular flexibility index (Phi) is 6.26. The predicted octanol–water partition coefficient (Wildman–Crippen LogP) is 3.47. The summed E-state index contributed by atoms with van der Waals surface area (Å²) >= 11 is 0. The molecule has 1 amide bonds. The highest BCUT2D eigenvalue weighted by Crippen LogP contribution is 2.29. The Labute approximate surface area is 171 Å². The first-order valence-corrected chi connectivity index (χ1v) is 10.7. The Morgan fingerprint density at radius 1 is 1.14 bits per heavy atom. The van der Waals surface area contributed by atoms with Crippen molar-refractivity contribution in [3.63, 3.8) is 0 Å². The summed E-state index contributed by atoms with van der Waals surface area (Å²) in [5.74, 6) is 0. The number of rotatable bonds is 6. The van der Waals surface area contributed by atoms with Gasteiger partial charge in [0, 0.05) is 0 Å². The Hall–Kier alpha value is -2.42. The van der Waals surface area contributed by atoms with E-state index in [-0.39, 0.29) is 24.7 Å². The molecule has 1 saturated heterocycles. The molecule has 0 spiro atoms. The molecule has 29 heavy (non-hydrogen) atoms. The monoisotopic (exact) mass is 419 g/mol. The topological polar surface area (TPSA) is 82.1 Å². The number of aryl methyl sites for hydroxylation is 1. The van der Waals surface area contributed by atoms with Crippen molar-refractivity contribution >= 4 is 16.2 Å². The number of hydrogen-bond acceptors (Lipinski definition) is 6. The number of carbonyl (C=O) groups is 1. The quantitative estimate of drug-likeness (QED) is 0.667. The van der Waals surface area contributed by atoms with Gasteiger partial charge in [-0.15, -0.1) is 0 Å². The van der Waals surface area contributed by atoms with Gasteiger partial charge in [0.15, 0.2) is 0 Å². The van der Waals surface area contributed by atoms with E-state index >= 15 is 0 Å². The fourth-order valence-corrected chi connectivity index (χ4v) is 4.05. The van der Waals surface area contributed by atoms with Crippen LogP contribution in [0, 0.1) is 6.92 Å². The van der Waals surface area contributed by atoms with Crippen LogP contribution in [0.1, 0.15) is 25.0 Å². The lowest BCUT2D eigenvalue weighted by Gasteiger charge is -2.32. The molecule has 0 saturated carbocycles. The summed E-state index contributed by atoms with van der Waals surface area (Å²) in [6.07, 6.45) is -0.585. The van der Waals surface area contributed by atoms with Crippen LogP contribution in [0.2, 0.25) is 0 Å². The van der Waals surface area contributed by atoms with E-state index in [1.54, 1.807) is 26.0 Å². The van der Waals surface area contributed by atoms with Gasteiger partial charge >= 0.3 is 6.09 Å². The Morgan fingerprint density at radius 3 is 2.45 bits per heavy atom. The third-order valence-electron chi connectivity index (χ3n) is 4.70. The van der Waals surface area contributed by atoms with Crippen LogP contribution in [0.3, 0.4) is 0 Å². The first-order chi connectivity index (χ1) is 13.7. The molecule has 156 valence electrons. The number of carbonyl (C=O) groups excluding carboxylic acids is 1. The van der Waals surface area contributed by atoms with Crippen LogP contribution >= 0.6 is 0 Å².